The van der Waals surface area contributed by atoms with Crippen LogP contribution in [-0.2, 0) is 14.3 Å². The summed E-state index contributed by atoms with van der Waals surface area (Å²) in [6, 6.07) is 6.77. The SMILES string of the molecule is CCC(C)NC(=O)COC(=O)COc1cccc(N)c1. The summed E-state index contributed by atoms with van der Waals surface area (Å²) in [4.78, 5) is 22.8. The molecule has 0 heterocycles. The van der Waals surface area contributed by atoms with Crippen molar-refractivity contribution in [3.05, 3.63) is 24.3 Å². The number of esters is 1. The molecule has 0 aliphatic heterocycles. The highest BCUT2D eigenvalue weighted by Gasteiger charge is 2.10. The highest BCUT2D eigenvalue weighted by atomic mass is 16.6. The number of anilines is 1. The van der Waals surface area contributed by atoms with Crippen LogP contribution in [0.15, 0.2) is 24.3 Å². The van der Waals surface area contributed by atoms with Crippen LogP contribution in [0.5, 0.6) is 5.75 Å². The molecular weight excluding hydrogens is 260 g/mol. The molecule has 1 atom stereocenters. The molecule has 1 aromatic rings. The smallest absolute Gasteiger partial charge is 0.344 e. The van der Waals surface area contributed by atoms with Crippen molar-refractivity contribution in [2.75, 3.05) is 18.9 Å². The van der Waals surface area contributed by atoms with Gasteiger partial charge in [-0.25, -0.2) is 4.79 Å². The molecule has 0 aliphatic carbocycles. The van der Waals surface area contributed by atoms with Crippen molar-refractivity contribution >= 4 is 17.6 Å². The van der Waals surface area contributed by atoms with Gasteiger partial charge >= 0.3 is 5.97 Å². The molecule has 1 amide bonds. The van der Waals surface area contributed by atoms with Crippen molar-refractivity contribution in [1.29, 1.82) is 0 Å². The molecular formula is C14H20N2O4. The molecule has 3 N–H and O–H groups in total. The number of amides is 1. The van der Waals surface area contributed by atoms with Crippen LogP contribution in [0, 0.1) is 0 Å². The first kappa shape index (κ1) is 15.8. The van der Waals surface area contributed by atoms with Crippen molar-refractivity contribution in [2.45, 2.75) is 26.3 Å². The minimum Gasteiger partial charge on any atom is -0.482 e. The van der Waals surface area contributed by atoms with Crippen molar-refractivity contribution in [3.63, 3.8) is 0 Å². The highest BCUT2D eigenvalue weighted by Crippen LogP contribution is 2.14. The second-order valence-electron chi connectivity index (χ2n) is 4.40. The lowest BCUT2D eigenvalue weighted by molar-refractivity contribution is -0.150. The average molecular weight is 280 g/mol. The first-order valence-electron chi connectivity index (χ1n) is 6.44. The predicted molar refractivity (Wildman–Crippen MR) is 75.2 cm³/mol. The van der Waals surface area contributed by atoms with E-state index in [-0.39, 0.29) is 25.2 Å². The largest absolute Gasteiger partial charge is 0.482 e. The number of nitrogen functional groups attached to an aromatic ring is 1. The first-order chi connectivity index (χ1) is 9.51. The zero-order chi connectivity index (χ0) is 15.0. The number of carbonyl (C=O) groups is 2. The fraction of sp³-hybridized carbons (Fsp3) is 0.429. The fourth-order valence-corrected chi connectivity index (χ4v) is 1.35. The molecule has 6 nitrogen and oxygen atoms in total. The molecule has 110 valence electrons. The van der Waals surface area contributed by atoms with Crippen LogP contribution in [0.25, 0.3) is 0 Å². The van der Waals surface area contributed by atoms with Gasteiger partial charge in [0.25, 0.3) is 5.91 Å². The summed E-state index contributed by atoms with van der Waals surface area (Å²) < 4.78 is 9.99. The Kier molecular flexibility index (Phi) is 6.36. The Morgan fingerprint density at radius 1 is 1.35 bits per heavy atom. The van der Waals surface area contributed by atoms with Crippen LogP contribution >= 0.6 is 0 Å². The number of benzene rings is 1. The summed E-state index contributed by atoms with van der Waals surface area (Å²) in [6.07, 6.45) is 0.818. The van der Waals surface area contributed by atoms with Gasteiger partial charge in [0.2, 0.25) is 0 Å². The molecule has 0 aliphatic rings. The monoisotopic (exact) mass is 280 g/mol. The minimum absolute atomic E-state index is 0.0600. The van der Waals surface area contributed by atoms with Crippen LogP contribution in [0.3, 0.4) is 0 Å². The molecule has 0 bridgehead atoms. The van der Waals surface area contributed by atoms with Gasteiger partial charge in [-0.05, 0) is 25.5 Å². The van der Waals surface area contributed by atoms with E-state index in [1.54, 1.807) is 24.3 Å². The number of nitrogens with one attached hydrogen (secondary N) is 1. The van der Waals surface area contributed by atoms with E-state index in [0.29, 0.717) is 11.4 Å². The second kappa shape index (κ2) is 8.04. The summed E-state index contributed by atoms with van der Waals surface area (Å²) >= 11 is 0. The quantitative estimate of drug-likeness (QED) is 0.576. The fourth-order valence-electron chi connectivity index (χ4n) is 1.35. The Morgan fingerprint density at radius 3 is 2.75 bits per heavy atom. The van der Waals surface area contributed by atoms with E-state index >= 15 is 0 Å². The third-order valence-corrected chi connectivity index (χ3v) is 2.60. The molecule has 1 rings (SSSR count). The number of hydrogen-bond acceptors (Lipinski definition) is 5. The predicted octanol–water partition coefficient (Wildman–Crippen LogP) is 1.11. The Hall–Kier alpha value is -2.24. The number of rotatable bonds is 7. The van der Waals surface area contributed by atoms with Gasteiger partial charge in [0.05, 0.1) is 0 Å². The zero-order valence-electron chi connectivity index (χ0n) is 11.7. The number of carbonyl (C=O) groups excluding carboxylic acids is 2. The molecule has 0 saturated heterocycles. The molecule has 0 aromatic heterocycles. The van der Waals surface area contributed by atoms with E-state index in [1.807, 2.05) is 13.8 Å². The van der Waals surface area contributed by atoms with Gasteiger partial charge in [0, 0.05) is 17.8 Å². The molecule has 0 spiro atoms. The van der Waals surface area contributed by atoms with Gasteiger partial charge in [-0.1, -0.05) is 13.0 Å². The maximum Gasteiger partial charge on any atom is 0.344 e. The van der Waals surface area contributed by atoms with Gasteiger partial charge in [-0.15, -0.1) is 0 Å². The maximum atomic E-state index is 11.4. The van der Waals surface area contributed by atoms with E-state index in [9.17, 15) is 9.59 Å². The number of nitrogens with two attached hydrogens (primary N) is 1. The van der Waals surface area contributed by atoms with Gasteiger partial charge < -0.3 is 20.5 Å². The Labute approximate surface area is 118 Å². The van der Waals surface area contributed by atoms with E-state index in [1.165, 1.54) is 0 Å². The average Bonchev–Trinajstić information content (AvgIpc) is 2.42. The van der Waals surface area contributed by atoms with Crippen LogP contribution in [0.4, 0.5) is 5.69 Å². The second-order valence-corrected chi connectivity index (χ2v) is 4.40. The van der Waals surface area contributed by atoms with Gasteiger partial charge in [-0.2, -0.15) is 0 Å². The molecule has 6 heteroatoms. The maximum absolute atomic E-state index is 11.4. The lowest BCUT2D eigenvalue weighted by atomic mass is 10.2. The Morgan fingerprint density at radius 2 is 2.10 bits per heavy atom. The molecule has 1 aromatic carbocycles. The summed E-state index contributed by atoms with van der Waals surface area (Å²) in [5.74, 6) is -0.450. The topological polar surface area (TPSA) is 90.6 Å². The van der Waals surface area contributed by atoms with Crippen molar-refractivity contribution in [3.8, 4) is 5.75 Å². The molecule has 0 saturated carbocycles. The molecule has 20 heavy (non-hydrogen) atoms. The number of hydrogen-bond donors (Lipinski definition) is 2. The van der Waals surface area contributed by atoms with Gasteiger partial charge in [-0.3, -0.25) is 4.79 Å². The van der Waals surface area contributed by atoms with Crippen LogP contribution < -0.4 is 15.8 Å². The van der Waals surface area contributed by atoms with Gasteiger partial charge in [0.1, 0.15) is 5.75 Å². The van der Waals surface area contributed by atoms with Gasteiger partial charge in [0.15, 0.2) is 13.2 Å². The Bertz CT molecular complexity index is 462. The van der Waals surface area contributed by atoms with Crippen molar-refractivity contribution in [1.82, 2.24) is 5.32 Å². The van der Waals surface area contributed by atoms with E-state index in [4.69, 9.17) is 15.2 Å². The summed E-state index contributed by atoms with van der Waals surface area (Å²) in [7, 11) is 0. The van der Waals surface area contributed by atoms with E-state index in [0.717, 1.165) is 6.42 Å². The molecule has 0 fully saturated rings. The normalized spacial score (nSPS) is 11.5. The molecule has 0 radical (unpaired) electrons. The first-order valence-corrected chi connectivity index (χ1v) is 6.44. The number of ether oxygens (including phenoxy) is 2. The van der Waals surface area contributed by atoms with Crippen LogP contribution in [-0.4, -0.2) is 31.1 Å². The third-order valence-electron chi connectivity index (χ3n) is 2.60. The van der Waals surface area contributed by atoms with Crippen LogP contribution in [0.2, 0.25) is 0 Å². The lowest BCUT2D eigenvalue weighted by Crippen LogP contribution is -2.35. The Balaban J connectivity index is 2.25. The third kappa shape index (κ3) is 6.08. The minimum atomic E-state index is -0.605. The molecule has 1 unspecified atom stereocenters. The summed E-state index contributed by atoms with van der Waals surface area (Å²) in [6.45, 7) is 3.27. The van der Waals surface area contributed by atoms with E-state index < -0.39 is 5.97 Å². The van der Waals surface area contributed by atoms with Crippen molar-refractivity contribution < 1.29 is 19.1 Å². The summed E-state index contributed by atoms with van der Waals surface area (Å²) in [5, 5.41) is 2.69. The highest BCUT2D eigenvalue weighted by molar-refractivity contribution is 5.81. The zero-order valence-corrected chi connectivity index (χ0v) is 11.7. The standard InChI is InChI=1S/C14H20N2O4/c1-3-10(2)16-13(17)8-20-14(18)9-19-12-6-4-5-11(15)7-12/h4-7,10H,3,8-9,15H2,1-2H3,(H,16,17). The van der Waals surface area contributed by atoms with Crippen molar-refractivity contribution in [2.24, 2.45) is 0 Å². The van der Waals surface area contributed by atoms with E-state index in [2.05, 4.69) is 5.32 Å². The van der Waals surface area contributed by atoms with Crippen LogP contribution in [0.1, 0.15) is 20.3 Å². The summed E-state index contributed by atoms with van der Waals surface area (Å²) in [5.41, 5.74) is 6.12. The lowest BCUT2D eigenvalue weighted by Gasteiger charge is -2.11.